The van der Waals surface area contributed by atoms with Crippen molar-refractivity contribution in [1.82, 2.24) is 9.55 Å². The van der Waals surface area contributed by atoms with Crippen LogP contribution >= 0.6 is 0 Å². The molecule has 1 heterocycles. The van der Waals surface area contributed by atoms with Crippen LogP contribution in [0.2, 0.25) is 0 Å². The van der Waals surface area contributed by atoms with Gasteiger partial charge in [0.25, 0.3) is 0 Å². The summed E-state index contributed by atoms with van der Waals surface area (Å²) in [5.41, 5.74) is 7.98. The second kappa shape index (κ2) is 5.71. The molecule has 2 rings (SSSR count). The minimum absolute atomic E-state index is 0.0842. The van der Waals surface area contributed by atoms with E-state index >= 15 is 0 Å². The molecule has 0 aliphatic heterocycles. The topological polar surface area (TPSA) is 62.3 Å². The van der Waals surface area contributed by atoms with E-state index in [2.05, 4.69) is 18.8 Å². The summed E-state index contributed by atoms with van der Waals surface area (Å²) >= 11 is 0. The lowest BCUT2D eigenvalue weighted by molar-refractivity contribution is 0.143. The fourth-order valence-corrected chi connectivity index (χ4v) is 2.36. The molecule has 0 aliphatic carbocycles. The molecule has 0 amide bonds. The third-order valence-corrected chi connectivity index (χ3v) is 3.56. The molecule has 20 heavy (non-hydrogen) atoms. The lowest BCUT2D eigenvalue weighted by atomic mass is 9.89. The Balaban J connectivity index is 2.37. The Morgan fingerprint density at radius 1 is 1.30 bits per heavy atom. The van der Waals surface area contributed by atoms with Gasteiger partial charge in [-0.3, -0.25) is 0 Å². The molecule has 5 nitrogen and oxygen atoms in total. The number of para-hydroxylation sites is 1. The van der Waals surface area contributed by atoms with Crippen molar-refractivity contribution in [3.63, 3.8) is 0 Å². The SMILES string of the molecule is COCCC(C)(C)Cn1c(N)nc2c(OC)cccc21. The molecule has 2 aromatic rings. The number of hydrogen-bond acceptors (Lipinski definition) is 4. The minimum Gasteiger partial charge on any atom is -0.494 e. The van der Waals surface area contributed by atoms with E-state index < -0.39 is 0 Å². The lowest BCUT2D eigenvalue weighted by Crippen LogP contribution is -2.22. The zero-order chi connectivity index (χ0) is 14.8. The van der Waals surface area contributed by atoms with Crippen molar-refractivity contribution in [2.45, 2.75) is 26.8 Å². The Bertz CT molecular complexity index is 590. The highest BCUT2D eigenvalue weighted by atomic mass is 16.5. The van der Waals surface area contributed by atoms with Crippen LogP contribution in [-0.2, 0) is 11.3 Å². The van der Waals surface area contributed by atoms with Gasteiger partial charge in [-0.15, -0.1) is 0 Å². The van der Waals surface area contributed by atoms with Gasteiger partial charge in [0.1, 0.15) is 11.3 Å². The summed E-state index contributed by atoms with van der Waals surface area (Å²) in [5.74, 6) is 1.28. The Labute approximate surface area is 119 Å². The molecule has 0 atom stereocenters. The molecular formula is C15H23N3O2. The van der Waals surface area contributed by atoms with Gasteiger partial charge in [0.05, 0.1) is 12.6 Å². The van der Waals surface area contributed by atoms with Crippen LogP contribution in [0.3, 0.4) is 0 Å². The van der Waals surface area contributed by atoms with E-state index in [1.165, 1.54) is 0 Å². The maximum Gasteiger partial charge on any atom is 0.201 e. The van der Waals surface area contributed by atoms with Crippen LogP contribution in [0.1, 0.15) is 20.3 Å². The summed E-state index contributed by atoms with van der Waals surface area (Å²) in [6.45, 7) is 5.95. The lowest BCUT2D eigenvalue weighted by Gasteiger charge is -2.25. The van der Waals surface area contributed by atoms with Gasteiger partial charge in [-0.2, -0.15) is 0 Å². The highest BCUT2D eigenvalue weighted by Crippen LogP contribution is 2.31. The molecule has 1 aromatic carbocycles. The number of methoxy groups -OCH3 is 2. The summed E-state index contributed by atoms with van der Waals surface area (Å²) in [5, 5.41) is 0. The number of ether oxygens (including phenoxy) is 2. The summed E-state index contributed by atoms with van der Waals surface area (Å²) < 4.78 is 12.6. The van der Waals surface area contributed by atoms with Crippen LogP contribution in [0.25, 0.3) is 11.0 Å². The molecular weight excluding hydrogens is 254 g/mol. The minimum atomic E-state index is 0.0842. The Kier molecular flexibility index (Phi) is 4.18. The van der Waals surface area contributed by atoms with Gasteiger partial charge in [0.2, 0.25) is 5.95 Å². The molecule has 0 fully saturated rings. The van der Waals surface area contributed by atoms with Gasteiger partial charge >= 0.3 is 0 Å². The first kappa shape index (κ1) is 14.7. The van der Waals surface area contributed by atoms with Gasteiger partial charge < -0.3 is 19.8 Å². The van der Waals surface area contributed by atoms with E-state index in [-0.39, 0.29) is 5.41 Å². The zero-order valence-corrected chi connectivity index (χ0v) is 12.6. The van der Waals surface area contributed by atoms with E-state index in [9.17, 15) is 0 Å². The van der Waals surface area contributed by atoms with Crippen LogP contribution in [0.5, 0.6) is 5.75 Å². The van der Waals surface area contributed by atoms with E-state index in [1.54, 1.807) is 14.2 Å². The normalized spacial score (nSPS) is 12.0. The Hall–Kier alpha value is -1.75. The number of aromatic nitrogens is 2. The highest BCUT2D eigenvalue weighted by molar-refractivity contribution is 5.84. The average molecular weight is 277 g/mol. The van der Waals surface area contributed by atoms with Crippen molar-refractivity contribution >= 4 is 17.0 Å². The second-order valence-corrected chi connectivity index (χ2v) is 5.79. The van der Waals surface area contributed by atoms with E-state index in [1.807, 2.05) is 22.8 Å². The number of nitrogens with two attached hydrogens (primary N) is 1. The van der Waals surface area contributed by atoms with Crippen LogP contribution in [-0.4, -0.2) is 30.4 Å². The zero-order valence-electron chi connectivity index (χ0n) is 12.6. The molecule has 0 unspecified atom stereocenters. The van der Waals surface area contributed by atoms with Gasteiger partial charge in [-0.25, -0.2) is 4.98 Å². The number of rotatable bonds is 6. The summed E-state index contributed by atoms with van der Waals surface area (Å²) in [6, 6.07) is 5.88. The molecule has 0 saturated heterocycles. The maximum absolute atomic E-state index is 6.08. The van der Waals surface area contributed by atoms with Gasteiger partial charge in [-0.1, -0.05) is 19.9 Å². The Morgan fingerprint density at radius 2 is 2.05 bits per heavy atom. The fourth-order valence-electron chi connectivity index (χ4n) is 2.36. The number of hydrogen-bond donors (Lipinski definition) is 1. The molecule has 110 valence electrons. The van der Waals surface area contributed by atoms with Crippen LogP contribution in [0.15, 0.2) is 18.2 Å². The van der Waals surface area contributed by atoms with Crippen molar-refractivity contribution in [2.75, 3.05) is 26.6 Å². The predicted molar refractivity (Wildman–Crippen MR) is 81.0 cm³/mol. The second-order valence-electron chi connectivity index (χ2n) is 5.79. The van der Waals surface area contributed by atoms with Crippen LogP contribution in [0, 0.1) is 5.41 Å². The monoisotopic (exact) mass is 277 g/mol. The standard InChI is InChI=1S/C15H23N3O2/c1-15(2,8-9-19-3)10-18-11-6-5-7-12(20-4)13(11)17-14(18)16/h5-7H,8-10H2,1-4H3,(H2,16,17). The first-order valence-corrected chi connectivity index (χ1v) is 6.76. The molecule has 5 heteroatoms. The van der Waals surface area contributed by atoms with Crippen molar-refractivity contribution < 1.29 is 9.47 Å². The highest BCUT2D eigenvalue weighted by Gasteiger charge is 2.22. The quantitative estimate of drug-likeness (QED) is 0.881. The van der Waals surface area contributed by atoms with E-state index in [0.717, 1.165) is 36.4 Å². The third kappa shape index (κ3) is 2.88. The predicted octanol–water partition coefficient (Wildman–Crippen LogP) is 2.69. The number of imidazole rings is 1. The van der Waals surface area contributed by atoms with Gasteiger partial charge in [0, 0.05) is 20.3 Å². The van der Waals surface area contributed by atoms with Gasteiger partial charge in [-0.05, 0) is 24.0 Å². The Morgan fingerprint density at radius 3 is 2.70 bits per heavy atom. The average Bonchev–Trinajstić information content (AvgIpc) is 2.72. The first-order valence-electron chi connectivity index (χ1n) is 6.76. The number of benzene rings is 1. The van der Waals surface area contributed by atoms with E-state index in [4.69, 9.17) is 15.2 Å². The third-order valence-electron chi connectivity index (χ3n) is 3.56. The van der Waals surface area contributed by atoms with E-state index in [0.29, 0.717) is 5.95 Å². The van der Waals surface area contributed by atoms with Crippen molar-refractivity contribution in [2.24, 2.45) is 5.41 Å². The molecule has 0 aliphatic rings. The maximum atomic E-state index is 6.08. The molecule has 2 N–H and O–H groups in total. The van der Waals surface area contributed by atoms with Crippen LogP contribution in [0.4, 0.5) is 5.95 Å². The summed E-state index contributed by atoms with van der Waals surface area (Å²) in [6.07, 6.45) is 0.965. The van der Waals surface area contributed by atoms with Crippen molar-refractivity contribution in [3.05, 3.63) is 18.2 Å². The largest absolute Gasteiger partial charge is 0.494 e. The number of anilines is 1. The van der Waals surface area contributed by atoms with Crippen molar-refractivity contribution in [1.29, 1.82) is 0 Å². The molecule has 0 saturated carbocycles. The molecule has 1 aromatic heterocycles. The number of fused-ring (bicyclic) bond motifs is 1. The first-order chi connectivity index (χ1) is 9.48. The van der Waals surface area contributed by atoms with Crippen molar-refractivity contribution in [3.8, 4) is 5.75 Å². The molecule has 0 radical (unpaired) electrons. The molecule has 0 bridgehead atoms. The summed E-state index contributed by atoms with van der Waals surface area (Å²) in [4.78, 5) is 4.43. The fraction of sp³-hybridized carbons (Fsp3) is 0.533. The summed E-state index contributed by atoms with van der Waals surface area (Å²) in [7, 11) is 3.37. The smallest absolute Gasteiger partial charge is 0.201 e. The van der Waals surface area contributed by atoms with Crippen LogP contribution < -0.4 is 10.5 Å². The van der Waals surface area contributed by atoms with Gasteiger partial charge in [0.15, 0.2) is 0 Å². The molecule has 0 spiro atoms. The number of nitrogen functional groups attached to an aromatic ring is 1. The number of nitrogens with zero attached hydrogens (tertiary/aromatic N) is 2.